The highest BCUT2D eigenvalue weighted by atomic mass is 16.5. The zero-order chi connectivity index (χ0) is 12.6. The number of rotatable bonds is 2. The Kier molecular flexibility index (Phi) is 2.85. The van der Waals surface area contributed by atoms with Crippen LogP contribution in [0.3, 0.4) is 0 Å². The highest BCUT2D eigenvalue weighted by molar-refractivity contribution is 5.96. The third-order valence-electron chi connectivity index (χ3n) is 2.68. The summed E-state index contributed by atoms with van der Waals surface area (Å²) in [5.41, 5.74) is 7.89. The van der Waals surface area contributed by atoms with E-state index >= 15 is 0 Å². The van der Waals surface area contributed by atoms with Gasteiger partial charge < -0.3 is 14.9 Å². The molecule has 0 spiro atoms. The van der Waals surface area contributed by atoms with Gasteiger partial charge in [0.1, 0.15) is 5.82 Å². The van der Waals surface area contributed by atoms with Crippen LogP contribution in [0.4, 0.5) is 0 Å². The summed E-state index contributed by atoms with van der Waals surface area (Å²) in [7, 11) is 1.34. The Morgan fingerprint density at radius 1 is 1.59 bits per heavy atom. The van der Waals surface area contributed by atoms with Crippen LogP contribution in [-0.4, -0.2) is 22.5 Å². The van der Waals surface area contributed by atoms with Crippen LogP contribution in [0, 0.1) is 6.92 Å². The van der Waals surface area contributed by atoms with Gasteiger partial charge in [0.25, 0.3) is 0 Å². The lowest BCUT2D eigenvalue weighted by Crippen LogP contribution is -2.09. The molecule has 0 radical (unpaired) electrons. The molecule has 5 heteroatoms. The summed E-state index contributed by atoms with van der Waals surface area (Å²) in [6.07, 6.45) is 1.85. The first kappa shape index (κ1) is 11.6. The Bertz CT molecular complexity index is 572. The first-order valence-electron chi connectivity index (χ1n) is 5.37. The minimum Gasteiger partial charge on any atom is -0.464 e. The third-order valence-corrected chi connectivity index (χ3v) is 2.68. The van der Waals surface area contributed by atoms with E-state index in [-0.39, 0.29) is 6.04 Å². The minimum atomic E-state index is -0.441. The molecule has 5 nitrogen and oxygen atoms in total. The molecule has 17 heavy (non-hydrogen) atoms. The fourth-order valence-corrected chi connectivity index (χ4v) is 1.89. The molecule has 0 aromatic carbocycles. The second-order valence-electron chi connectivity index (χ2n) is 4.01. The van der Waals surface area contributed by atoms with Gasteiger partial charge in [-0.25, -0.2) is 9.78 Å². The van der Waals surface area contributed by atoms with E-state index in [0.717, 1.165) is 11.1 Å². The van der Waals surface area contributed by atoms with Gasteiger partial charge in [0.15, 0.2) is 5.69 Å². The van der Waals surface area contributed by atoms with Crippen molar-refractivity contribution in [2.24, 2.45) is 5.73 Å². The molecule has 2 heterocycles. The molecule has 1 atom stereocenters. The molecule has 0 aliphatic rings. The SMILES string of the molecule is COC(=O)c1nc(C(C)N)n2cccc(C)c12. The summed E-state index contributed by atoms with van der Waals surface area (Å²) in [5.74, 6) is 0.216. The molecule has 0 fully saturated rings. The molecule has 0 saturated heterocycles. The van der Waals surface area contributed by atoms with E-state index < -0.39 is 5.97 Å². The molecule has 2 aromatic rings. The van der Waals surface area contributed by atoms with E-state index in [1.54, 1.807) is 0 Å². The van der Waals surface area contributed by atoms with Gasteiger partial charge in [-0.1, -0.05) is 6.07 Å². The lowest BCUT2D eigenvalue weighted by atomic mass is 10.2. The van der Waals surface area contributed by atoms with Gasteiger partial charge in [-0.2, -0.15) is 0 Å². The molecular weight excluding hydrogens is 218 g/mol. The van der Waals surface area contributed by atoms with Crippen molar-refractivity contribution in [3.8, 4) is 0 Å². The zero-order valence-corrected chi connectivity index (χ0v) is 10.1. The van der Waals surface area contributed by atoms with Gasteiger partial charge in [-0.3, -0.25) is 0 Å². The molecule has 2 rings (SSSR count). The minimum absolute atomic E-state index is 0.247. The summed E-state index contributed by atoms with van der Waals surface area (Å²) < 4.78 is 6.58. The van der Waals surface area contributed by atoms with Crippen LogP contribution in [0.1, 0.15) is 34.8 Å². The predicted molar refractivity (Wildman–Crippen MR) is 63.9 cm³/mol. The summed E-state index contributed by atoms with van der Waals surface area (Å²) in [6, 6.07) is 3.58. The Morgan fingerprint density at radius 3 is 2.88 bits per heavy atom. The van der Waals surface area contributed by atoms with E-state index in [9.17, 15) is 4.79 Å². The standard InChI is InChI=1S/C12H15N3O2/c1-7-5-4-6-15-10(7)9(12(16)17-3)14-11(15)8(2)13/h4-6,8H,13H2,1-3H3. The van der Waals surface area contributed by atoms with E-state index in [1.807, 2.05) is 36.6 Å². The first-order chi connectivity index (χ1) is 8.06. The van der Waals surface area contributed by atoms with Crippen LogP contribution in [0.25, 0.3) is 5.52 Å². The number of aryl methyl sites for hydroxylation is 1. The fourth-order valence-electron chi connectivity index (χ4n) is 1.89. The number of hydrogen-bond acceptors (Lipinski definition) is 4. The molecule has 0 aliphatic carbocycles. The van der Waals surface area contributed by atoms with E-state index in [4.69, 9.17) is 10.5 Å². The van der Waals surface area contributed by atoms with Crippen molar-refractivity contribution in [3.05, 3.63) is 35.4 Å². The third kappa shape index (κ3) is 1.78. The van der Waals surface area contributed by atoms with Crippen molar-refractivity contribution in [2.75, 3.05) is 7.11 Å². The number of imidazole rings is 1. The number of pyridine rings is 1. The maximum absolute atomic E-state index is 11.7. The largest absolute Gasteiger partial charge is 0.464 e. The molecule has 0 aliphatic heterocycles. The van der Waals surface area contributed by atoms with Gasteiger partial charge in [-0.05, 0) is 25.5 Å². The van der Waals surface area contributed by atoms with Crippen molar-refractivity contribution in [3.63, 3.8) is 0 Å². The summed E-state index contributed by atoms with van der Waals surface area (Å²) in [5, 5.41) is 0. The van der Waals surface area contributed by atoms with Gasteiger partial charge >= 0.3 is 5.97 Å². The van der Waals surface area contributed by atoms with Gasteiger partial charge in [0.05, 0.1) is 18.7 Å². The average Bonchev–Trinajstić information content (AvgIpc) is 2.69. The second kappa shape index (κ2) is 4.18. The number of methoxy groups -OCH3 is 1. The highest BCUT2D eigenvalue weighted by Crippen LogP contribution is 2.20. The number of aromatic nitrogens is 2. The predicted octanol–water partition coefficient (Wildman–Crippen LogP) is 1.45. The maximum atomic E-state index is 11.7. The fraction of sp³-hybridized carbons (Fsp3) is 0.333. The Morgan fingerprint density at radius 2 is 2.29 bits per heavy atom. The van der Waals surface area contributed by atoms with Crippen LogP contribution >= 0.6 is 0 Å². The molecule has 2 N–H and O–H groups in total. The maximum Gasteiger partial charge on any atom is 0.358 e. The molecule has 0 saturated carbocycles. The Labute approximate surface area is 99.2 Å². The van der Waals surface area contributed by atoms with Crippen LogP contribution in [-0.2, 0) is 4.74 Å². The van der Waals surface area contributed by atoms with Crippen LogP contribution in [0.15, 0.2) is 18.3 Å². The average molecular weight is 233 g/mol. The zero-order valence-electron chi connectivity index (χ0n) is 10.1. The highest BCUT2D eigenvalue weighted by Gasteiger charge is 2.20. The molecule has 0 bridgehead atoms. The summed E-state index contributed by atoms with van der Waals surface area (Å²) in [6.45, 7) is 3.76. The van der Waals surface area contributed by atoms with Gasteiger partial charge in [-0.15, -0.1) is 0 Å². The van der Waals surface area contributed by atoms with Crippen molar-refractivity contribution in [1.82, 2.24) is 9.38 Å². The van der Waals surface area contributed by atoms with E-state index in [0.29, 0.717) is 11.5 Å². The van der Waals surface area contributed by atoms with Crippen LogP contribution in [0.2, 0.25) is 0 Å². The summed E-state index contributed by atoms with van der Waals surface area (Å²) in [4.78, 5) is 16.0. The number of nitrogens with two attached hydrogens (primary N) is 1. The number of hydrogen-bond donors (Lipinski definition) is 1. The van der Waals surface area contributed by atoms with Gasteiger partial charge in [0.2, 0.25) is 0 Å². The van der Waals surface area contributed by atoms with Gasteiger partial charge in [0, 0.05) is 6.20 Å². The molecular formula is C12H15N3O2. The molecule has 0 amide bonds. The number of nitrogens with zero attached hydrogens (tertiary/aromatic N) is 2. The van der Waals surface area contributed by atoms with Crippen molar-refractivity contribution < 1.29 is 9.53 Å². The number of esters is 1. The van der Waals surface area contributed by atoms with E-state index in [1.165, 1.54) is 7.11 Å². The first-order valence-corrected chi connectivity index (χ1v) is 5.37. The van der Waals surface area contributed by atoms with Crippen molar-refractivity contribution in [2.45, 2.75) is 19.9 Å². The Hall–Kier alpha value is -1.88. The van der Waals surface area contributed by atoms with Crippen LogP contribution < -0.4 is 5.73 Å². The topological polar surface area (TPSA) is 69.6 Å². The van der Waals surface area contributed by atoms with Crippen LogP contribution in [0.5, 0.6) is 0 Å². The molecule has 1 unspecified atom stereocenters. The lowest BCUT2D eigenvalue weighted by Gasteiger charge is -2.04. The smallest absolute Gasteiger partial charge is 0.358 e. The molecule has 90 valence electrons. The number of carbonyl (C=O) groups excluding carboxylic acids is 1. The summed E-state index contributed by atoms with van der Waals surface area (Å²) >= 11 is 0. The second-order valence-corrected chi connectivity index (χ2v) is 4.01. The lowest BCUT2D eigenvalue weighted by molar-refractivity contribution is 0.0596. The monoisotopic (exact) mass is 233 g/mol. The molecule has 2 aromatic heterocycles. The Balaban J connectivity index is 2.80. The normalized spacial score (nSPS) is 12.7. The quantitative estimate of drug-likeness (QED) is 0.797. The number of carbonyl (C=O) groups is 1. The number of ether oxygens (including phenoxy) is 1. The number of fused-ring (bicyclic) bond motifs is 1. The van der Waals surface area contributed by atoms with Crippen molar-refractivity contribution in [1.29, 1.82) is 0 Å². The van der Waals surface area contributed by atoms with E-state index in [2.05, 4.69) is 4.98 Å². The van der Waals surface area contributed by atoms with Crippen molar-refractivity contribution >= 4 is 11.5 Å².